The lowest BCUT2D eigenvalue weighted by Crippen LogP contribution is -2.28. The number of imidazole rings is 1. The molecule has 2 heterocycles. The van der Waals surface area contributed by atoms with E-state index in [-0.39, 0.29) is 23.2 Å². The zero-order valence-electron chi connectivity index (χ0n) is 15.5. The Morgan fingerprint density at radius 1 is 1.04 bits per heavy atom. The van der Waals surface area contributed by atoms with E-state index < -0.39 is 0 Å². The molecular formula is C21H19N5O2. The molecule has 4 aromatic rings. The number of aromatic nitrogens is 4. The molecule has 0 unspecified atom stereocenters. The summed E-state index contributed by atoms with van der Waals surface area (Å²) in [5, 5.41) is 8.22. The maximum absolute atomic E-state index is 12.9. The molecule has 1 N–H and O–H groups in total. The SMILES string of the molecule is CC(C)n1nc(C(=O)Nc2ccc(-n3ccnc3)cc2)c2ccccc2c1=O. The number of benzene rings is 2. The first-order valence-corrected chi connectivity index (χ1v) is 8.96. The van der Waals surface area contributed by atoms with Gasteiger partial charge in [-0.1, -0.05) is 18.2 Å². The van der Waals surface area contributed by atoms with Gasteiger partial charge < -0.3 is 9.88 Å². The van der Waals surface area contributed by atoms with Crippen LogP contribution in [-0.2, 0) is 0 Å². The third kappa shape index (κ3) is 3.18. The monoisotopic (exact) mass is 373 g/mol. The number of nitrogens with one attached hydrogen (secondary N) is 1. The van der Waals surface area contributed by atoms with Crippen molar-refractivity contribution in [3.05, 3.63) is 83.3 Å². The van der Waals surface area contributed by atoms with Gasteiger partial charge in [0.2, 0.25) is 0 Å². The molecule has 0 spiro atoms. The fourth-order valence-corrected chi connectivity index (χ4v) is 3.04. The fraction of sp³-hybridized carbons (Fsp3) is 0.143. The van der Waals surface area contributed by atoms with E-state index in [2.05, 4.69) is 15.4 Å². The fourth-order valence-electron chi connectivity index (χ4n) is 3.04. The van der Waals surface area contributed by atoms with Crippen molar-refractivity contribution in [1.29, 1.82) is 0 Å². The van der Waals surface area contributed by atoms with Crippen LogP contribution in [0, 0.1) is 0 Å². The van der Waals surface area contributed by atoms with Crippen molar-refractivity contribution in [2.75, 3.05) is 5.32 Å². The summed E-state index contributed by atoms with van der Waals surface area (Å²) in [5.74, 6) is -0.360. The number of carbonyl (C=O) groups is 1. The molecule has 28 heavy (non-hydrogen) atoms. The van der Waals surface area contributed by atoms with Crippen LogP contribution in [-0.4, -0.2) is 25.2 Å². The number of fused-ring (bicyclic) bond motifs is 1. The summed E-state index contributed by atoms with van der Waals surface area (Å²) in [6.45, 7) is 3.72. The third-order valence-electron chi connectivity index (χ3n) is 4.46. The Labute approximate surface area is 161 Å². The first-order valence-electron chi connectivity index (χ1n) is 8.96. The molecular weight excluding hydrogens is 354 g/mol. The van der Waals surface area contributed by atoms with Crippen molar-refractivity contribution in [1.82, 2.24) is 19.3 Å². The molecule has 0 aliphatic heterocycles. The normalized spacial score (nSPS) is 11.1. The highest BCUT2D eigenvalue weighted by atomic mass is 16.2. The first kappa shape index (κ1) is 17.7. The van der Waals surface area contributed by atoms with E-state index in [0.717, 1.165) is 5.69 Å². The molecule has 2 aromatic heterocycles. The minimum Gasteiger partial charge on any atom is -0.321 e. The van der Waals surface area contributed by atoms with Gasteiger partial charge in [-0.05, 0) is 44.2 Å². The number of carbonyl (C=O) groups excluding carboxylic acids is 1. The summed E-state index contributed by atoms with van der Waals surface area (Å²) >= 11 is 0. The number of hydrogen-bond donors (Lipinski definition) is 1. The molecule has 0 aliphatic rings. The summed E-state index contributed by atoms with van der Waals surface area (Å²) in [6, 6.07) is 14.3. The highest BCUT2D eigenvalue weighted by Crippen LogP contribution is 2.18. The van der Waals surface area contributed by atoms with Gasteiger partial charge in [0.1, 0.15) is 0 Å². The zero-order valence-corrected chi connectivity index (χ0v) is 15.5. The first-order chi connectivity index (χ1) is 13.5. The maximum Gasteiger partial charge on any atom is 0.276 e. The maximum atomic E-state index is 12.9. The molecule has 0 bridgehead atoms. The van der Waals surface area contributed by atoms with Crippen molar-refractivity contribution in [3.63, 3.8) is 0 Å². The van der Waals surface area contributed by atoms with Gasteiger partial charge >= 0.3 is 0 Å². The van der Waals surface area contributed by atoms with Crippen LogP contribution in [0.15, 0.2) is 72.0 Å². The lowest BCUT2D eigenvalue weighted by Gasteiger charge is -2.13. The lowest BCUT2D eigenvalue weighted by atomic mass is 10.1. The average Bonchev–Trinajstić information content (AvgIpc) is 3.23. The zero-order chi connectivity index (χ0) is 19.7. The van der Waals surface area contributed by atoms with Crippen molar-refractivity contribution < 1.29 is 4.79 Å². The molecule has 0 fully saturated rings. The van der Waals surface area contributed by atoms with Crippen LogP contribution >= 0.6 is 0 Å². The standard InChI is InChI=1S/C21H19N5O2/c1-14(2)26-21(28)18-6-4-3-5-17(18)19(24-26)20(27)23-15-7-9-16(10-8-15)25-12-11-22-13-25/h3-14H,1-2H3,(H,23,27). The molecule has 4 rings (SSSR count). The van der Waals surface area contributed by atoms with Gasteiger partial charge in [0, 0.05) is 29.2 Å². The van der Waals surface area contributed by atoms with Crippen LogP contribution in [0.3, 0.4) is 0 Å². The van der Waals surface area contributed by atoms with Crippen molar-refractivity contribution in [3.8, 4) is 5.69 Å². The van der Waals surface area contributed by atoms with E-state index in [9.17, 15) is 9.59 Å². The molecule has 7 heteroatoms. The molecule has 140 valence electrons. The summed E-state index contributed by atoms with van der Waals surface area (Å²) in [4.78, 5) is 29.6. The van der Waals surface area contributed by atoms with Crippen LogP contribution < -0.4 is 10.9 Å². The Hall–Kier alpha value is -3.74. The second-order valence-corrected chi connectivity index (χ2v) is 6.71. The van der Waals surface area contributed by atoms with E-state index in [0.29, 0.717) is 16.5 Å². The summed E-state index contributed by atoms with van der Waals surface area (Å²) < 4.78 is 3.22. The van der Waals surface area contributed by atoms with Crippen LogP contribution in [0.25, 0.3) is 16.5 Å². The van der Waals surface area contributed by atoms with Crippen molar-refractivity contribution in [2.24, 2.45) is 0 Å². The molecule has 7 nitrogen and oxygen atoms in total. The average molecular weight is 373 g/mol. The summed E-state index contributed by atoms with van der Waals surface area (Å²) in [5.41, 5.74) is 1.60. The van der Waals surface area contributed by atoms with E-state index >= 15 is 0 Å². The smallest absolute Gasteiger partial charge is 0.276 e. The second kappa shape index (κ2) is 7.11. The number of nitrogens with zero attached hydrogens (tertiary/aromatic N) is 4. The van der Waals surface area contributed by atoms with Crippen LogP contribution in [0.4, 0.5) is 5.69 Å². The Bertz CT molecular complexity index is 1190. The number of anilines is 1. The predicted molar refractivity (Wildman–Crippen MR) is 108 cm³/mol. The molecule has 0 atom stereocenters. The summed E-state index contributed by atoms with van der Waals surface area (Å²) in [6.07, 6.45) is 5.26. The van der Waals surface area contributed by atoms with Gasteiger partial charge in [-0.3, -0.25) is 9.59 Å². The van der Waals surface area contributed by atoms with Gasteiger partial charge in [-0.15, -0.1) is 0 Å². The predicted octanol–water partition coefficient (Wildman–Crippen LogP) is 3.42. The van der Waals surface area contributed by atoms with E-state index in [1.54, 1.807) is 36.8 Å². The van der Waals surface area contributed by atoms with Crippen LogP contribution in [0.2, 0.25) is 0 Å². The highest BCUT2D eigenvalue weighted by molar-refractivity contribution is 6.11. The Kier molecular flexibility index (Phi) is 4.49. The number of rotatable bonds is 4. The molecule has 1 amide bonds. The minimum atomic E-state index is -0.360. The Morgan fingerprint density at radius 3 is 2.39 bits per heavy atom. The lowest BCUT2D eigenvalue weighted by molar-refractivity contribution is 0.102. The van der Waals surface area contributed by atoms with Gasteiger partial charge in [0.05, 0.1) is 17.8 Å². The van der Waals surface area contributed by atoms with Crippen molar-refractivity contribution in [2.45, 2.75) is 19.9 Å². The van der Waals surface area contributed by atoms with Gasteiger partial charge in [-0.2, -0.15) is 5.10 Å². The molecule has 0 saturated heterocycles. The largest absolute Gasteiger partial charge is 0.321 e. The van der Waals surface area contributed by atoms with Gasteiger partial charge in [-0.25, -0.2) is 9.67 Å². The molecule has 2 aromatic carbocycles. The van der Waals surface area contributed by atoms with Gasteiger partial charge in [0.15, 0.2) is 5.69 Å². The number of amides is 1. The van der Waals surface area contributed by atoms with Crippen LogP contribution in [0.1, 0.15) is 30.4 Å². The Morgan fingerprint density at radius 2 is 1.75 bits per heavy atom. The summed E-state index contributed by atoms with van der Waals surface area (Å²) in [7, 11) is 0. The second-order valence-electron chi connectivity index (χ2n) is 6.71. The molecule has 0 aliphatic carbocycles. The third-order valence-corrected chi connectivity index (χ3v) is 4.46. The van der Waals surface area contributed by atoms with E-state index in [4.69, 9.17) is 0 Å². The topological polar surface area (TPSA) is 81.8 Å². The van der Waals surface area contributed by atoms with Crippen molar-refractivity contribution >= 4 is 22.4 Å². The minimum absolute atomic E-state index is 0.155. The highest BCUT2D eigenvalue weighted by Gasteiger charge is 2.18. The quantitative estimate of drug-likeness (QED) is 0.594. The number of hydrogen-bond acceptors (Lipinski definition) is 4. The molecule has 0 saturated carbocycles. The van der Waals surface area contributed by atoms with E-state index in [1.807, 2.05) is 48.9 Å². The molecule has 0 radical (unpaired) electrons. The van der Waals surface area contributed by atoms with Crippen LogP contribution in [0.5, 0.6) is 0 Å². The van der Waals surface area contributed by atoms with E-state index in [1.165, 1.54) is 4.68 Å². The Balaban J connectivity index is 1.69. The van der Waals surface area contributed by atoms with Gasteiger partial charge in [0.25, 0.3) is 11.5 Å².